The maximum absolute atomic E-state index is 12.7. The first-order valence-electron chi connectivity index (χ1n) is 30.8. The number of carbonyl (C=O) groups is 2. The van der Waals surface area contributed by atoms with E-state index in [0.717, 1.165) is 51.4 Å². The number of carbonyl (C=O) groups excluding carboxylic acids is 2. The Bertz CT molecular complexity index is 1210. The van der Waals surface area contributed by atoms with Crippen LogP contribution in [0.2, 0.25) is 0 Å². The zero-order valence-electron chi connectivity index (χ0n) is 47.0. The van der Waals surface area contributed by atoms with E-state index < -0.39 is 26.5 Å². The van der Waals surface area contributed by atoms with Crippen LogP contribution in [-0.2, 0) is 32.7 Å². The van der Waals surface area contributed by atoms with Gasteiger partial charge in [0, 0.05) is 19.4 Å². The first-order valence-corrected chi connectivity index (χ1v) is 32.3. The molecule has 0 saturated carbocycles. The van der Waals surface area contributed by atoms with E-state index in [2.05, 4.69) is 38.2 Å². The Morgan fingerprint density at radius 3 is 1.10 bits per heavy atom. The summed E-state index contributed by atoms with van der Waals surface area (Å²) in [6, 6.07) is 0. The van der Waals surface area contributed by atoms with E-state index in [1.54, 1.807) is 0 Å². The summed E-state index contributed by atoms with van der Waals surface area (Å²) in [4.78, 5) is 35.2. The van der Waals surface area contributed by atoms with Gasteiger partial charge in [-0.05, 0) is 44.9 Å². The topological polar surface area (TPSA) is 134 Å². The Labute approximate surface area is 440 Å². The summed E-state index contributed by atoms with van der Waals surface area (Å²) in [6.45, 7) is 3.76. The Kier molecular flexibility index (Phi) is 56.5. The molecule has 0 amide bonds. The SMILES string of the molecule is CCCCC/C=C\C/C=C\CCCCCCCCCC(=O)OC(COC(=O)CCCCCCCCCCCCCCCCCCCCCCCCCCCCCCCCCCC)COP(=O)(O)OCCN. The van der Waals surface area contributed by atoms with Gasteiger partial charge in [0.1, 0.15) is 6.61 Å². The zero-order chi connectivity index (χ0) is 51.7. The van der Waals surface area contributed by atoms with Crippen molar-refractivity contribution in [2.45, 2.75) is 328 Å². The van der Waals surface area contributed by atoms with Crippen LogP contribution in [0, 0.1) is 0 Å². The first kappa shape index (κ1) is 69.5. The Morgan fingerprint density at radius 2 is 0.732 bits per heavy atom. The molecule has 0 saturated heterocycles. The second kappa shape index (κ2) is 57.8. The lowest BCUT2D eigenvalue weighted by molar-refractivity contribution is -0.161. The lowest BCUT2D eigenvalue weighted by Crippen LogP contribution is -2.29. The number of phosphoric ester groups is 1. The summed E-state index contributed by atoms with van der Waals surface area (Å²) in [5, 5.41) is 0. The molecule has 420 valence electrons. The van der Waals surface area contributed by atoms with E-state index in [1.807, 2.05) is 0 Å². The van der Waals surface area contributed by atoms with Gasteiger partial charge in [0.25, 0.3) is 0 Å². The summed E-state index contributed by atoms with van der Waals surface area (Å²) in [5.74, 6) is -0.820. The maximum atomic E-state index is 12.7. The molecule has 2 atom stereocenters. The lowest BCUT2D eigenvalue weighted by atomic mass is 10.0. The van der Waals surface area contributed by atoms with Crippen molar-refractivity contribution in [1.29, 1.82) is 0 Å². The highest BCUT2D eigenvalue weighted by Gasteiger charge is 2.26. The Balaban J connectivity index is 3.81. The summed E-state index contributed by atoms with van der Waals surface area (Å²) >= 11 is 0. The van der Waals surface area contributed by atoms with E-state index in [-0.39, 0.29) is 38.6 Å². The van der Waals surface area contributed by atoms with Crippen LogP contribution >= 0.6 is 7.82 Å². The van der Waals surface area contributed by atoms with Gasteiger partial charge in [0.05, 0.1) is 13.2 Å². The minimum atomic E-state index is -4.39. The highest BCUT2D eigenvalue weighted by atomic mass is 31.2. The van der Waals surface area contributed by atoms with Crippen LogP contribution in [0.25, 0.3) is 0 Å². The fraction of sp³-hybridized carbons (Fsp3) is 0.902. The summed E-state index contributed by atoms with van der Waals surface area (Å²) in [7, 11) is -4.39. The summed E-state index contributed by atoms with van der Waals surface area (Å²) in [5.41, 5.74) is 5.38. The molecule has 2 unspecified atom stereocenters. The highest BCUT2D eigenvalue weighted by Crippen LogP contribution is 2.43. The van der Waals surface area contributed by atoms with Gasteiger partial charge in [0.2, 0.25) is 0 Å². The molecule has 9 nitrogen and oxygen atoms in total. The second-order valence-corrected chi connectivity index (χ2v) is 22.4. The monoisotopic (exact) mass is 1020 g/mol. The molecule has 0 radical (unpaired) electrons. The number of ether oxygens (including phenoxy) is 2. The minimum Gasteiger partial charge on any atom is -0.462 e. The van der Waals surface area contributed by atoms with E-state index >= 15 is 0 Å². The Morgan fingerprint density at radius 1 is 0.423 bits per heavy atom. The van der Waals surface area contributed by atoms with Gasteiger partial charge in [-0.2, -0.15) is 0 Å². The van der Waals surface area contributed by atoms with Crippen molar-refractivity contribution < 1.29 is 37.6 Å². The molecular weight excluding hydrogens is 906 g/mol. The molecule has 3 N–H and O–H groups in total. The van der Waals surface area contributed by atoms with Crippen molar-refractivity contribution in [2.24, 2.45) is 5.73 Å². The standard InChI is InChI=1S/C61H118NO8P/c1-3-5-7-9-11-13-15-17-19-21-22-23-24-25-26-27-28-29-30-31-32-33-34-35-36-38-39-41-43-45-47-49-51-53-60(63)67-57-59(58-69-71(65,66)68-56-55-62)70-61(64)54-52-50-48-46-44-42-40-37-20-18-16-14-12-10-8-6-4-2/h12,14,18,20,59H,3-11,13,15-17,19,21-58,62H2,1-2H3,(H,65,66)/b14-12-,20-18-. The number of phosphoric acid groups is 1. The van der Waals surface area contributed by atoms with Crippen molar-refractivity contribution in [3.8, 4) is 0 Å². The molecule has 0 bridgehead atoms. The highest BCUT2D eigenvalue weighted by molar-refractivity contribution is 7.47. The molecule has 0 heterocycles. The molecule has 0 aliphatic rings. The lowest BCUT2D eigenvalue weighted by Gasteiger charge is -2.19. The fourth-order valence-corrected chi connectivity index (χ4v) is 10.0. The van der Waals surface area contributed by atoms with Crippen LogP contribution in [0.4, 0.5) is 0 Å². The molecule has 0 aromatic rings. The average molecular weight is 1020 g/mol. The quantitative estimate of drug-likeness (QED) is 0.0264. The predicted octanol–water partition coefficient (Wildman–Crippen LogP) is 19.4. The number of rotatable bonds is 59. The number of unbranched alkanes of at least 4 members (excludes halogenated alkanes) is 42. The van der Waals surface area contributed by atoms with Crippen LogP contribution in [0.1, 0.15) is 322 Å². The van der Waals surface area contributed by atoms with Crippen LogP contribution in [-0.4, -0.2) is 49.3 Å². The van der Waals surface area contributed by atoms with Gasteiger partial charge in [-0.3, -0.25) is 18.6 Å². The van der Waals surface area contributed by atoms with E-state index in [9.17, 15) is 19.0 Å². The molecule has 0 aromatic carbocycles. The van der Waals surface area contributed by atoms with Crippen molar-refractivity contribution in [2.75, 3.05) is 26.4 Å². The van der Waals surface area contributed by atoms with Crippen LogP contribution in [0.3, 0.4) is 0 Å². The van der Waals surface area contributed by atoms with Gasteiger partial charge >= 0.3 is 19.8 Å². The van der Waals surface area contributed by atoms with Gasteiger partial charge < -0.3 is 20.1 Å². The number of hydrogen-bond acceptors (Lipinski definition) is 8. The van der Waals surface area contributed by atoms with Crippen LogP contribution in [0.5, 0.6) is 0 Å². The molecule has 0 aromatic heterocycles. The van der Waals surface area contributed by atoms with Crippen molar-refractivity contribution in [1.82, 2.24) is 0 Å². The van der Waals surface area contributed by atoms with Crippen molar-refractivity contribution >= 4 is 19.8 Å². The van der Waals surface area contributed by atoms with Crippen LogP contribution in [0.15, 0.2) is 24.3 Å². The second-order valence-electron chi connectivity index (χ2n) is 20.9. The molecule has 10 heteroatoms. The normalized spacial score (nSPS) is 13.1. The van der Waals surface area contributed by atoms with E-state index in [0.29, 0.717) is 6.42 Å². The van der Waals surface area contributed by atoms with Crippen molar-refractivity contribution in [3.05, 3.63) is 24.3 Å². The van der Waals surface area contributed by atoms with E-state index in [4.69, 9.17) is 24.3 Å². The van der Waals surface area contributed by atoms with E-state index in [1.165, 1.54) is 238 Å². The van der Waals surface area contributed by atoms with Crippen molar-refractivity contribution in [3.63, 3.8) is 0 Å². The smallest absolute Gasteiger partial charge is 0.462 e. The number of allylic oxidation sites excluding steroid dienone is 4. The van der Waals surface area contributed by atoms with Crippen LogP contribution < -0.4 is 5.73 Å². The number of nitrogens with two attached hydrogens (primary N) is 1. The third kappa shape index (κ3) is 57.6. The van der Waals surface area contributed by atoms with Gasteiger partial charge in [-0.25, -0.2) is 4.57 Å². The van der Waals surface area contributed by atoms with Gasteiger partial charge in [-0.1, -0.05) is 289 Å². The zero-order valence-corrected chi connectivity index (χ0v) is 47.9. The average Bonchev–Trinajstić information content (AvgIpc) is 3.36. The molecule has 71 heavy (non-hydrogen) atoms. The first-order chi connectivity index (χ1) is 34.8. The fourth-order valence-electron chi connectivity index (χ4n) is 9.26. The summed E-state index contributed by atoms with van der Waals surface area (Å²) in [6.07, 6.45) is 68.3. The molecule has 0 aliphatic carbocycles. The number of hydrogen-bond donors (Lipinski definition) is 2. The molecule has 0 rings (SSSR count). The third-order valence-electron chi connectivity index (χ3n) is 13.8. The minimum absolute atomic E-state index is 0.0540. The maximum Gasteiger partial charge on any atom is 0.472 e. The largest absolute Gasteiger partial charge is 0.472 e. The predicted molar refractivity (Wildman–Crippen MR) is 303 cm³/mol. The molecule has 0 spiro atoms. The molecule has 0 aliphatic heterocycles. The molecular formula is C61H118NO8P. The molecule has 0 fully saturated rings. The van der Waals surface area contributed by atoms with Gasteiger partial charge in [-0.15, -0.1) is 0 Å². The Hall–Kier alpha value is -1.51. The van der Waals surface area contributed by atoms with Gasteiger partial charge in [0.15, 0.2) is 6.10 Å². The summed E-state index contributed by atoms with van der Waals surface area (Å²) < 4.78 is 33.0. The third-order valence-corrected chi connectivity index (χ3v) is 14.8. The number of esters is 2.